The normalized spacial score (nSPS) is 9.44. The number of hydrogen-bond donors (Lipinski definition) is 1. The second-order valence-electron chi connectivity index (χ2n) is 3.12. The van der Waals surface area contributed by atoms with Crippen molar-refractivity contribution in [1.29, 1.82) is 0 Å². The molecule has 0 aliphatic rings. The van der Waals surface area contributed by atoms with Crippen LogP contribution < -0.4 is 5.32 Å². The van der Waals surface area contributed by atoms with Crippen molar-refractivity contribution in [2.75, 3.05) is 26.7 Å². The fourth-order valence-electron chi connectivity index (χ4n) is 1.10. The van der Waals surface area contributed by atoms with Gasteiger partial charge in [-0.3, -0.25) is 9.59 Å². The minimum Gasteiger partial charge on any atom is -0.459 e. The quantitative estimate of drug-likeness (QED) is 0.512. The molecule has 1 N–H and O–H groups in total. The first-order valence-corrected chi connectivity index (χ1v) is 5.23. The van der Waals surface area contributed by atoms with Crippen molar-refractivity contribution in [2.24, 2.45) is 0 Å². The van der Waals surface area contributed by atoms with Crippen LogP contribution in [0.3, 0.4) is 0 Å². The summed E-state index contributed by atoms with van der Waals surface area (Å²) in [6.45, 7) is 3.85. The molecule has 0 saturated heterocycles. The highest BCUT2D eigenvalue weighted by molar-refractivity contribution is 6.32. The number of rotatable bonds is 5. The van der Waals surface area contributed by atoms with E-state index in [2.05, 4.69) is 10.1 Å². The standard InChI is InChI=1S/C10H18N2O4/c1-4-6-12(7-8(13)11-3)9(14)10(15)16-5-2/h4-7H2,1-3H3,(H,11,13). The Morgan fingerprint density at radius 3 is 2.31 bits per heavy atom. The van der Waals surface area contributed by atoms with Gasteiger partial charge in [0.15, 0.2) is 0 Å². The average Bonchev–Trinajstić information content (AvgIpc) is 2.27. The number of carbonyl (C=O) groups excluding carboxylic acids is 3. The Labute approximate surface area is 94.9 Å². The van der Waals surface area contributed by atoms with Crippen molar-refractivity contribution in [3.63, 3.8) is 0 Å². The smallest absolute Gasteiger partial charge is 0.397 e. The van der Waals surface area contributed by atoms with Crippen LogP contribution >= 0.6 is 0 Å². The van der Waals surface area contributed by atoms with E-state index >= 15 is 0 Å². The Hall–Kier alpha value is -1.59. The summed E-state index contributed by atoms with van der Waals surface area (Å²) >= 11 is 0. The van der Waals surface area contributed by atoms with Crippen LogP contribution in [-0.2, 0) is 19.1 Å². The second kappa shape index (κ2) is 7.67. The fourth-order valence-corrected chi connectivity index (χ4v) is 1.10. The van der Waals surface area contributed by atoms with Crippen LogP contribution in [0, 0.1) is 0 Å². The lowest BCUT2D eigenvalue weighted by molar-refractivity contribution is -0.160. The number of nitrogens with zero attached hydrogens (tertiary/aromatic N) is 1. The SMILES string of the molecule is CCCN(CC(=O)NC)C(=O)C(=O)OCC. The highest BCUT2D eigenvalue weighted by Gasteiger charge is 2.23. The monoisotopic (exact) mass is 230 g/mol. The van der Waals surface area contributed by atoms with Gasteiger partial charge in [-0.2, -0.15) is 0 Å². The van der Waals surface area contributed by atoms with Gasteiger partial charge >= 0.3 is 11.9 Å². The zero-order chi connectivity index (χ0) is 12.6. The van der Waals surface area contributed by atoms with Gasteiger partial charge in [0.2, 0.25) is 5.91 Å². The molecule has 6 nitrogen and oxygen atoms in total. The molecule has 0 heterocycles. The molecular formula is C10H18N2O4. The van der Waals surface area contributed by atoms with E-state index in [1.54, 1.807) is 6.92 Å². The Morgan fingerprint density at radius 2 is 1.88 bits per heavy atom. The van der Waals surface area contributed by atoms with Crippen LogP contribution in [0.15, 0.2) is 0 Å². The maximum absolute atomic E-state index is 11.5. The Kier molecular flexibility index (Phi) is 6.91. The Balaban J connectivity index is 4.45. The topological polar surface area (TPSA) is 75.7 Å². The van der Waals surface area contributed by atoms with E-state index in [0.717, 1.165) is 0 Å². The summed E-state index contributed by atoms with van der Waals surface area (Å²) in [6, 6.07) is 0. The molecule has 0 aromatic carbocycles. The third-order valence-corrected chi connectivity index (χ3v) is 1.84. The molecule has 0 saturated carbocycles. The molecular weight excluding hydrogens is 212 g/mol. The van der Waals surface area contributed by atoms with E-state index in [0.29, 0.717) is 13.0 Å². The maximum atomic E-state index is 11.5. The fraction of sp³-hybridized carbons (Fsp3) is 0.700. The van der Waals surface area contributed by atoms with E-state index in [1.807, 2.05) is 6.92 Å². The molecule has 0 radical (unpaired) electrons. The zero-order valence-corrected chi connectivity index (χ0v) is 9.91. The average molecular weight is 230 g/mol. The molecule has 92 valence electrons. The number of likely N-dealkylation sites (N-methyl/N-ethyl adjacent to an activating group) is 1. The summed E-state index contributed by atoms with van der Waals surface area (Å²) in [5, 5.41) is 2.39. The predicted molar refractivity (Wildman–Crippen MR) is 57.6 cm³/mol. The number of esters is 1. The van der Waals surface area contributed by atoms with Gasteiger partial charge in [0, 0.05) is 13.6 Å². The van der Waals surface area contributed by atoms with Crippen LogP contribution in [0.5, 0.6) is 0 Å². The lowest BCUT2D eigenvalue weighted by atomic mass is 10.3. The summed E-state index contributed by atoms with van der Waals surface area (Å²) < 4.78 is 4.58. The highest BCUT2D eigenvalue weighted by Crippen LogP contribution is 1.95. The van der Waals surface area contributed by atoms with Gasteiger partial charge < -0.3 is 15.0 Å². The van der Waals surface area contributed by atoms with Crippen LogP contribution in [0.25, 0.3) is 0 Å². The van der Waals surface area contributed by atoms with Crippen molar-refractivity contribution >= 4 is 17.8 Å². The molecule has 0 unspecified atom stereocenters. The van der Waals surface area contributed by atoms with Gasteiger partial charge in [-0.15, -0.1) is 0 Å². The van der Waals surface area contributed by atoms with Gasteiger partial charge in [-0.05, 0) is 13.3 Å². The summed E-state index contributed by atoms with van der Waals surface area (Å²) in [6.07, 6.45) is 0.669. The summed E-state index contributed by atoms with van der Waals surface area (Å²) in [5.74, 6) is -2.00. The molecule has 16 heavy (non-hydrogen) atoms. The first-order valence-electron chi connectivity index (χ1n) is 5.23. The number of nitrogens with one attached hydrogen (secondary N) is 1. The number of carbonyl (C=O) groups is 3. The largest absolute Gasteiger partial charge is 0.459 e. The van der Waals surface area contributed by atoms with Crippen molar-refractivity contribution in [3.8, 4) is 0 Å². The number of amides is 2. The lowest BCUT2D eigenvalue weighted by Gasteiger charge is -2.19. The van der Waals surface area contributed by atoms with Gasteiger partial charge in [0.1, 0.15) is 6.54 Å². The number of hydrogen-bond acceptors (Lipinski definition) is 4. The lowest BCUT2D eigenvalue weighted by Crippen LogP contribution is -2.43. The highest BCUT2D eigenvalue weighted by atomic mass is 16.5. The summed E-state index contributed by atoms with van der Waals surface area (Å²) in [7, 11) is 1.47. The van der Waals surface area contributed by atoms with Gasteiger partial charge in [0.05, 0.1) is 6.61 Å². The van der Waals surface area contributed by atoms with Crippen molar-refractivity contribution in [1.82, 2.24) is 10.2 Å². The van der Waals surface area contributed by atoms with Crippen LogP contribution in [0.4, 0.5) is 0 Å². The van der Waals surface area contributed by atoms with Crippen LogP contribution in [0.2, 0.25) is 0 Å². The van der Waals surface area contributed by atoms with Crippen molar-refractivity contribution < 1.29 is 19.1 Å². The van der Waals surface area contributed by atoms with E-state index < -0.39 is 11.9 Å². The second-order valence-corrected chi connectivity index (χ2v) is 3.12. The molecule has 0 aromatic rings. The first-order chi connectivity index (χ1) is 7.56. The Morgan fingerprint density at radius 1 is 1.25 bits per heavy atom. The maximum Gasteiger partial charge on any atom is 0.397 e. The molecule has 0 fully saturated rings. The molecule has 6 heteroatoms. The van der Waals surface area contributed by atoms with Crippen LogP contribution in [-0.4, -0.2) is 49.4 Å². The zero-order valence-electron chi connectivity index (χ0n) is 9.91. The minimum absolute atomic E-state index is 0.123. The van der Waals surface area contributed by atoms with Gasteiger partial charge in [-0.1, -0.05) is 6.92 Å². The van der Waals surface area contributed by atoms with E-state index in [-0.39, 0.29) is 19.1 Å². The molecule has 0 bridgehead atoms. The molecule has 0 aliphatic carbocycles. The third-order valence-electron chi connectivity index (χ3n) is 1.84. The van der Waals surface area contributed by atoms with E-state index in [4.69, 9.17) is 0 Å². The third kappa shape index (κ3) is 4.77. The van der Waals surface area contributed by atoms with Crippen LogP contribution in [0.1, 0.15) is 20.3 Å². The molecule has 2 amide bonds. The summed E-state index contributed by atoms with van der Waals surface area (Å²) in [5.41, 5.74) is 0. The Bertz CT molecular complexity index is 266. The number of ether oxygens (including phenoxy) is 1. The minimum atomic E-state index is -0.917. The summed E-state index contributed by atoms with van der Waals surface area (Å²) in [4.78, 5) is 35.0. The molecule has 0 atom stereocenters. The predicted octanol–water partition coefficient (Wildman–Crippen LogP) is -0.466. The molecule has 0 spiro atoms. The first kappa shape index (κ1) is 14.4. The van der Waals surface area contributed by atoms with Gasteiger partial charge in [0.25, 0.3) is 0 Å². The molecule has 0 aliphatic heterocycles. The molecule has 0 aromatic heterocycles. The van der Waals surface area contributed by atoms with Gasteiger partial charge in [-0.25, -0.2) is 4.79 Å². The van der Waals surface area contributed by atoms with Crippen molar-refractivity contribution in [3.05, 3.63) is 0 Å². The van der Waals surface area contributed by atoms with E-state index in [9.17, 15) is 14.4 Å². The van der Waals surface area contributed by atoms with E-state index in [1.165, 1.54) is 11.9 Å². The molecule has 0 rings (SSSR count). The van der Waals surface area contributed by atoms with Crippen molar-refractivity contribution in [2.45, 2.75) is 20.3 Å².